The van der Waals surface area contributed by atoms with Crippen molar-refractivity contribution < 1.29 is 19.1 Å². The van der Waals surface area contributed by atoms with E-state index in [2.05, 4.69) is 0 Å². The fourth-order valence-corrected chi connectivity index (χ4v) is 3.76. The lowest BCUT2D eigenvalue weighted by atomic mass is 10.1. The number of halogens is 2. The van der Waals surface area contributed by atoms with Crippen molar-refractivity contribution in [2.24, 2.45) is 0 Å². The highest BCUT2D eigenvalue weighted by molar-refractivity contribution is 8.19. The third-order valence-corrected chi connectivity index (χ3v) is 5.16. The van der Waals surface area contributed by atoms with Crippen LogP contribution in [-0.4, -0.2) is 24.9 Å². The van der Waals surface area contributed by atoms with E-state index in [0.29, 0.717) is 39.4 Å². The molecule has 1 aliphatic heterocycles. The Balaban J connectivity index is 1.97. The summed E-state index contributed by atoms with van der Waals surface area (Å²) in [4.78, 5) is 26.5. The number of carbonyl (C=O) groups is 2. The molecule has 0 saturated carbocycles. The predicted molar refractivity (Wildman–Crippen MR) is 109 cm³/mol. The molecule has 0 unspecified atom stereocenters. The zero-order chi connectivity index (χ0) is 19.6. The molecule has 0 radical (unpaired) electrons. The van der Waals surface area contributed by atoms with Gasteiger partial charge in [0.1, 0.15) is 0 Å². The lowest BCUT2D eigenvalue weighted by molar-refractivity contribution is -0.113. The summed E-state index contributed by atoms with van der Waals surface area (Å²) in [5, 5.41) is 0.420. The molecular formula is C19H15Cl2NO4S. The molecule has 27 heavy (non-hydrogen) atoms. The summed E-state index contributed by atoms with van der Waals surface area (Å²) in [5.41, 5.74) is 0.974. The molecule has 140 valence electrons. The van der Waals surface area contributed by atoms with E-state index in [-0.39, 0.29) is 4.91 Å². The molecule has 0 bridgehead atoms. The average Bonchev–Trinajstić information content (AvgIpc) is 2.91. The van der Waals surface area contributed by atoms with E-state index in [0.717, 1.165) is 16.7 Å². The molecule has 3 rings (SSSR count). The SMILES string of the molecule is CCOc1cc(/C=C2/SC(=O)N(c3cccc(Cl)c3)C2=O)c(Cl)cc1OC. The maximum absolute atomic E-state index is 12.8. The fourth-order valence-electron chi connectivity index (χ4n) is 2.54. The van der Waals surface area contributed by atoms with Gasteiger partial charge in [-0.2, -0.15) is 0 Å². The Morgan fingerprint density at radius 1 is 1.15 bits per heavy atom. The molecule has 0 atom stereocenters. The number of nitrogens with zero attached hydrogens (tertiary/aromatic N) is 1. The van der Waals surface area contributed by atoms with Gasteiger partial charge in [0.15, 0.2) is 11.5 Å². The van der Waals surface area contributed by atoms with Gasteiger partial charge in [-0.1, -0.05) is 29.3 Å². The van der Waals surface area contributed by atoms with Crippen LogP contribution in [0.1, 0.15) is 12.5 Å². The molecular weight excluding hydrogens is 409 g/mol. The molecule has 1 heterocycles. The molecule has 8 heteroatoms. The van der Waals surface area contributed by atoms with Crippen molar-refractivity contribution in [3.05, 3.63) is 56.9 Å². The van der Waals surface area contributed by atoms with Crippen molar-refractivity contribution in [1.29, 1.82) is 0 Å². The lowest BCUT2D eigenvalue weighted by Crippen LogP contribution is -2.27. The molecule has 1 saturated heterocycles. The first-order chi connectivity index (χ1) is 12.9. The first-order valence-electron chi connectivity index (χ1n) is 7.98. The van der Waals surface area contributed by atoms with Crippen molar-refractivity contribution in [1.82, 2.24) is 0 Å². The Morgan fingerprint density at radius 2 is 1.93 bits per heavy atom. The number of imide groups is 1. The van der Waals surface area contributed by atoms with Gasteiger partial charge in [-0.3, -0.25) is 9.59 Å². The number of hydrogen-bond acceptors (Lipinski definition) is 5. The van der Waals surface area contributed by atoms with Crippen LogP contribution in [0.25, 0.3) is 6.08 Å². The van der Waals surface area contributed by atoms with Crippen LogP contribution >= 0.6 is 35.0 Å². The van der Waals surface area contributed by atoms with Gasteiger partial charge >= 0.3 is 0 Å². The molecule has 1 aliphatic rings. The van der Waals surface area contributed by atoms with E-state index in [1.54, 1.807) is 42.5 Å². The number of amides is 2. The molecule has 1 fully saturated rings. The number of hydrogen-bond donors (Lipinski definition) is 0. The van der Waals surface area contributed by atoms with Gasteiger partial charge in [-0.25, -0.2) is 4.90 Å². The molecule has 2 aromatic carbocycles. The summed E-state index contributed by atoms with van der Waals surface area (Å²) < 4.78 is 10.8. The highest BCUT2D eigenvalue weighted by atomic mass is 35.5. The fraction of sp³-hybridized carbons (Fsp3) is 0.158. The number of anilines is 1. The van der Waals surface area contributed by atoms with Gasteiger partial charge < -0.3 is 9.47 Å². The number of thioether (sulfide) groups is 1. The van der Waals surface area contributed by atoms with Crippen LogP contribution in [0.2, 0.25) is 10.0 Å². The summed E-state index contributed by atoms with van der Waals surface area (Å²) in [6.45, 7) is 2.30. The lowest BCUT2D eigenvalue weighted by Gasteiger charge is -2.13. The summed E-state index contributed by atoms with van der Waals surface area (Å²) in [5.74, 6) is 0.563. The Bertz CT molecular complexity index is 945. The number of benzene rings is 2. The van der Waals surface area contributed by atoms with Gasteiger partial charge in [-0.15, -0.1) is 0 Å². The van der Waals surface area contributed by atoms with Crippen LogP contribution in [0.4, 0.5) is 10.5 Å². The highest BCUT2D eigenvalue weighted by Gasteiger charge is 2.36. The summed E-state index contributed by atoms with van der Waals surface area (Å²) in [7, 11) is 1.52. The third kappa shape index (κ3) is 4.08. The Kier molecular flexibility index (Phi) is 5.99. The zero-order valence-electron chi connectivity index (χ0n) is 14.5. The second kappa shape index (κ2) is 8.25. The van der Waals surface area contributed by atoms with Crippen LogP contribution in [0.15, 0.2) is 41.3 Å². The van der Waals surface area contributed by atoms with Gasteiger partial charge in [0.05, 0.1) is 29.3 Å². The van der Waals surface area contributed by atoms with Crippen molar-refractivity contribution in [3.8, 4) is 11.5 Å². The van der Waals surface area contributed by atoms with Crippen molar-refractivity contribution in [2.75, 3.05) is 18.6 Å². The van der Waals surface area contributed by atoms with Gasteiger partial charge in [0.2, 0.25) is 0 Å². The van der Waals surface area contributed by atoms with Crippen LogP contribution in [0.5, 0.6) is 11.5 Å². The van der Waals surface area contributed by atoms with E-state index in [1.807, 2.05) is 6.92 Å². The monoisotopic (exact) mass is 423 g/mol. The van der Waals surface area contributed by atoms with Crippen LogP contribution in [0, 0.1) is 0 Å². The largest absolute Gasteiger partial charge is 0.493 e. The minimum absolute atomic E-state index is 0.259. The van der Waals surface area contributed by atoms with Gasteiger partial charge in [0.25, 0.3) is 11.1 Å². The molecule has 0 N–H and O–H groups in total. The molecule has 0 aromatic heterocycles. The Labute approximate surface area is 170 Å². The average molecular weight is 424 g/mol. The highest BCUT2D eigenvalue weighted by Crippen LogP contribution is 2.39. The zero-order valence-corrected chi connectivity index (χ0v) is 16.8. The number of methoxy groups -OCH3 is 1. The van der Waals surface area contributed by atoms with Crippen LogP contribution in [0.3, 0.4) is 0 Å². The predicted octanol–water partition coefficient (Wildman–Crippen LogP) is 5.64. The number of carbonyl (C=O) groups excluding carboxylic acids is 2. The van der Waals surface area contributed by atoms with Crippen molar-refractivity contribution in [3.63, 3.8) is 0 Å². The topological polar surface area (TPSA) is 55.8 Å². The second-order valence-electron chi connectivity index (χ2n) is 5.45. The maximum atomic E-state index is 12.8. The molecule has 2 amide bonds. The maximum Gasteiger partial charge on any atom is 0.298 e. The third-order valence-electron chi connectivity index (χ3n) is 3.73. The minimum Gasteiger partial charge on any atom is -0.493 e. The molecule has 5 nitrogen and oxygen atoms in total. The van der Waals surface area contributed by atoms with Crippen molar-refractivity contribution >= 4 is 57.9 Å². The van der Waals surface area contributed by atoms with Crippen molar-refractivity contribution in [2.45, 2.75) is 6.92 Å². The normalized spacial score (nSPS) is 15.6. The number of ether oxygens (including phenoxy) is 2. The molecule has 0 spiro atoms. The van der Waals surface area contributed by atoms with E-state index in [1.165, 1.54) is 7.11 Å². The summed E-state index contributed by atoms with van der Waals surface area (Å²) in [6.07, 6.45) is 1.57. The van der Waals surface area contributed by atoms with E-state index in [9.17, 15) is 9.59 Å². The van der Waals surface area contributed by atoms with Crippen LogP contribution < -0.4 is 14.4 Å². The summed E-state index contributed by atoms with van der Waals surface area (Å²) in [6, 6.07) is 9.86. The Morgan fingerprint density at radius 3 is 2.59 bits per heavy atom. The smallest absolute Gasteiger partial charge is 0.298 e. The molecule has 2 aromatic rings. The van der Waals surface area contributed by atoms with Crippen LogP contribution in [-0.2, 0) is 4.79 Å². The first kappa shape index (κ1) is 19.6. The second-order valence-corrected chi connectivity index (χ2v) is 7.29. The molecule has 0 aliphatic carbocycles. The first-order valence-corrected chi connectivity index (χ1v) is 9.55. The van der Waals surface area contributed by atoms with Gasteiger partial charge in [0, 0.05) is 11.1 Å². The number of rotatable bonds is 5. The minimum atomic E-state index is -0.433. The van der Waals surface area contributed by atoms with Gasteiger partial charge in [-0.05, 0) is 54.6 Å². The standard InChI is InChI=1S/C19H15Cl2NO4S/c1-3-26-16-7-11(14(21)10-15(16)25-2)8-17-18(23)22(19(24)27-17)13-6-4-5-12(20)9-13/h4-10H,3H2,1-2H3/b17-8+. The van der Waals surface area contributed by atoms with E-state index < -0.39 is 11.1 Å². The Hall–Kier alpha value is -2.15. The van der Waals surface area contributed by atoms with E-state index >= 15 is 0 Å². The quantitative estimate of drug-likeness (QED) is 0.582. The summed E-state index contributed by atoms with van der Waals surface area (Å²) >= 11 is 13.1. The van der Waals surface area contributed by atoms with E-state index in [4.69, 9.17) is 32.7 Å².